The van der Waals surface area contributed by atoms with Gasteiger partial charge in [0.1, 0.15) is 0 Å². The lowest BCUT2D eigenvalue weighted by atomic mass is 10.0. The van der Waals surface area contributed by atoms with Crippen LogP contribution in [0, 0.1) is 5.92 Å². The summed E-state index contributed by atoms with van der Waals surface area (Å²) in [6.45, 7) is 2.69. The van der Waals surface area contributed by atoms with Crippen molar-refractivity contribution in [2.45, 2.75) is 13.0 Å². The largest absolute Gasteiger partial charge is 0.481 e. The van der Waals surface area contributed by atoms with Crippen LogP contribution in [0.3, 0.4) is 0 Å². The van der Waals surface area contributed by atoms with Crippen molar-refractivity contribution in [3.05, 3.63) is 0 Å². The Bertz CT molecular complexity index is 145. The Kier molecular flexibility index (Phi) is 3.20. The monoisotopic (exact) mass is 175 g/mol. The average Bonchev–Trinajstić information content (AvgIpc) is 2.05. The maximum atomic E-state index is 10.5. The van der Waals surface area contributed by atoms with Crippen molar-refractivity contribution in [2.75, 3.05) is 18.1 Å². The molecule has 2 unspecified atom stereocenters. The van der Waals surface area contributed by atoms with E-state index >= 15 is 0 Å². The van der Waals surface area contributed by atoms with E-state index in [1.807, 2.05) is 11.8 Å². The molecule has 0 aliphatic carbocycles. The molecule has 2 atom stereocenters. The molecule has 11 heavy (non-hydrogen) atoms. The molecule has 0 amide bonds. The molecule has 1 fully saturated rings. The summed E-state index contributed by atoms with van der Waals surface area (Å²) >= 11 is 1.82. The minimum absolute atomic E-state index is 0.159. The molecule has 1 aliphatic heterocycles. The zero-order valence-corrected chi connectivity index (χ0v) is 7.36. The molecule has 0 aromatic rings. The van der Waals surface area contributed by atoms with Gasteiger partial charge in [0.15, 0.2) is 0 Å². The second-order valence-electron chi connectivity index (χ2n) is 2.76. The van der Waals surface area contributed by atoms with E-state index in [2.05, 4.69) is 5.32 Å². The second-order valence-corrected chi connectivity index (χ2v) is 3.91. The van der Waals surface area contributed by atoms with Gasteiger partial charge in [-0.25, -0.2) is 0 Å². The highest BCUT2D eigenvalue weighted by molar-refractivity contribution is 7.99. The average molecular weight is 175 g/mol. The van der Waals surface area contributed by atoms with Crippen LogP contribution in [0.25, 0.3) is 0 Å². The number of carboxylic acid groups (broad SMARTS) is 1. The molecular weight excluding hydrogens is 162 g/mol. The van der Waals surface area contributed by atoms with Crippen molar-refractivity contribution >= 4 is 17.7 Å². The molecule has 2 N–H and O–H groups in total. The Balaban J connectivity index is 2.38. The molecule has 3 nitrogen and oxygen atoms in total. The number of carboxylic acids is 1. The van der Waals surface area contributed by atoms with Gasteiger partial charge in [-0.3, -0.25) is 4.79 Å². The zero-order valence-electron chi connectivity index (χ0n) is 6.54. The Morgan fingerprint density at radius 1 is 1.82 bits per heavy atom. The summed E-state index contributed by atoms with van der Waals surface area (Å²) in [5, 5.41) is 11.9. The van der Waals surface area contributed by atoms with Gasteiger partial charge in [-0.05, 0) is 0 Å². The van der Waals surface area contributed by atoms with Gasteiger partial charge in [-0.1, -0.05) is 6.92 Å². The summed E-state index contributed by atoms with van der Waals surface area (Å²) in [6, 6.07) is 0.159. The van der Waals surface area contributed by atoms with E-state index in [0.29, 0.717) is 0 Å². The molecule has 1 aliphatic rings. The minimum Gasteiger partial charge on any atom is -0.481 e. The van der Waals surface area contributed by atoms with Gasteiger partial charge in [-0.15, -0.1) is 0 Å². The van der Waals surface area contributed by atoms with Crippen LogP contribution in [-0.2, 0) is 4.79 Å². The van der Waals surface area contributed by atoms with Crippen LogP contribution >= 0.6 is 11.8 Å². The molecule has 1 rings (SSSR count). The third-order valence-electron chi connectivity index (χ3n) is 1.94. The van der Waals surface area contributed by atoms with Gasteiger partial charge < -0.3 is 10.4 Å². The minimum atomic E-state index is -0.704. The second kappa shape index (κ2) is 3.97. The topological polar surface area (TPSA) is 49.3 Å². The number of hydrogen-bond donors (Lipinski definition) is 2. The van der Waals surface area contributed by atoms with E-state index in [1.54, 1.807) is 6.92 Å². The number of carbonyl (C=O) groups is 1. The van der Waals surface area contributed by atoms with Gasteiger partial charge in [0, 0.05) is 24.1 Å². The van der Waals surface area contributed by atoms with Gasteiger partial charge in [0.2, 0.25) is 0 Å². The van der Waals surface area contributed by atoms with Crippen LogP contribution in [0.5, 0.6) is 0 Å². The fourth-order valence-corrected chi connectivity index (χ4v) is 2.17. The highest BCUT2D eigenvalue weighted by atomic mass is 32.2. The first-order valence-electron chi connectivity index (χ1n) is 3.75. The van der Waals surface area contributed by atoms with Crippen LogP contribution < -0.4 is 5.32 Å². The van der Waals surface area contributed by atoms with Crippen LogP contribution in [0.1, 0.15) is 6.92 Å². The van der Waals surface area contributed by atoms with E-state index in [9.17, 15) is 4.79 Å². The van der Waals surface area contributed by atoms with E-state index in [1.165, 1.54) is 0 Å². The van der Waals surface area contributed by atoms with E-state index in [-0.39, 0.29) is 12.0 Å². The van der Waals surface area contributed by atoms with Crippen LogP contribution in [0.15, 0.2) is 0 Å². The molecule has 0 bridgehead atoms. The SMILES string of the molecule is CC(C(=O)O)C1CSCCN1. The zero-order chi connectivity index (χ0) is 8.27. The maximum absolute atomic E-state index is 10.5. The van der Waals surface area contributed by atoms with Crippen LogP contribution in [0.2, 0.25) is 0 Å². The third-order valence-corrected chi connectivity index (χ3v) is 3.03. The predicted octanol–water partition coefficient (Wildman–Crippen LogP) is 0.412. The van der Waals surface area contributed by atoms with Crippen molar-refractivity contribution in [3.8, 4) is 0 Å². The summed E-state index contributed by atoms with van der Waals surface area (Å²) in [5.74, 6) is 1.06. The molecule has 64 valence electrons. The van der Waals surface area contributed by atoms with Crippen LogP contribution in [0.4, 0.5) is 0 Å². The number of aliphatic carboxylic acids is 1. The fraction of sp³-hybridized carbons (Fsp3) is 0.857. The van der Waals surface area contributed by atoms with Crippen molar-refractivity contribution < 1.29 is 9.90 Å². The molecule has 0 aromatic carbocycles. The van der Waals surface area contributed by atoms with Gasteiger partial charge in [0.25, 0.3) is 0 Å². The van der Waals surface area contributed by atoms with E-state index < -0.39 is 5.97 Å². The summed E-state index contributed by atoms with van der Waals surface area (Å²) in [6.07, 6.45) is 0. The van der Waals surface area contributed by atoms with Gasteiger partial charge in [-0.2, -0.15) is 11.8 Å². The molecule has 4 heteroatoms. The summed E-state index contributed by atoms with van der Waals surface area (Å²) in [5.41, 5.74) is 0. The fourth-order valence-electron chi connectivity index (χ4n) is 1.08. The third kappa shape index (κ3) is 2.38. The summed E-state index contributed by atoms with van der Waals surface area (Å²) in [4.78, 5) is 10.5. The number of nitrogens with one attached hydrogen (secondary N) is 1. The van der Waals surface area contributed by atoms with Crippen molar-refractivity contribution in [1.82, 2.24) is 5.32 Å². The molecule has 0 saturated carbocycles. The van der Waals surface area contributed by atoms with Crippen molar-refractivity contribution in [1.29, 1.82) is 0 Å². The van der Waals surface area contributed by atoms with E-state index in [4.69, 9.17) is 5.11 Å². The lowest BCUT2D eigenvalue weighted by Crippen LogP contribution is -2.44. The molecule has 0 aromatic heterocycles. The lowest BCUT2D eigenvalue weighted by molar-refractivity contribution is -0.141. The number of rotatable bonds is 2. The Morgan fingerprint density at radius 3 is 3.00 bits per heavy atom. The highest BCUT2D eigenvalue weighted by Gasteiger charge is 2.24. The lowest BCUT2D eigenvalue weighted by Gasteiger charge is -2.25. The predicted molar refractivity (Wildman–Crippen MR) is 45.9 cm³/mol. The molecule has 1 saturated heterocycles. The van der Waals surface area contributed by atoms with Crippen molar-refractivity contribution in [2.24, 2.45) is 5.92 Å². The quantitative estimate of drug-likeness (QED) is 0.638. The number of thioether (sulfide) groups is 1. The highest BCUT2D eigenvalue weighted by Crippen LogP contribution is 2.14. The molecule has 0 radical (unpaired) electrons. The molecular formula is C7H13NO2S. The molecule has 1 heterocycles. The normalized spacial score (nSPS) is 27.9. The standard InChI is InChI=1S/C7H13NO2S/c1-5(7(9)10)6-4-11-3-2-8-6/h5-6,8H,2-4H2,1H3,(H,9,10). The van der Waals surface area contributed by atoms with Gasteiger partial charge >= 0.3 is 5.97 Å². The summed E-state index contributed by atoms with van der Waals surface area (Å²) < 4.78 is 0. The first-order valence-corrected chi connectivity index (χ1v) is 4.91. The Labute approximate surface area is 70.6 Å². The first kappa shape index (κ1) is 8.87. The molecule has 0 spiro atoms. The van der Waals surface area contributed by atoms with Crippen molar-refractivity contribution in [3.63, 3.8) is 0 Å². The maximum Gasteiger partial charge on any atom is 0.307 e. The van der Waals surface area contributed by atoms with Crippen LogP contribution in [-0.4, -0.2) is 35.2 Å². The first-order chi connectivity index (χ1) is 5.22. The number of hydrogen-bond acceptors (Lipinski definition) is 3. The van der Waals surface area contributed by atoms with Gasteiger partial charge in [0.05, 0.1) is 5.92 Å². The van der Waals surface area contributed by atoms with E-state index in [0.717, 1.165) is 18.1 Å². The Hall–Kier alpha value is -0.220. The Morgan fingerprint density at radius 2 is 2.55 bits per heavy atom. The summed E-state index contributed by atoms with van der Waals surface area (Å²) in [7, 11) is 0. The smallest absolute Gasteiger partial charge is 0.307 e.